The Morgan fingerprint density at radius 2 is 1.09 bits per heavy atom. The first-order chi connectivity index (χ1) is 21.5. The standard InChI is InChI=1S/C27H38N2O17/c1-11(30)38-9-20-23(43-15(5)34)24(44-16(6)35)21(41-13(3)32)18(46-20)8-28-27(29-37)26-25(45-17(7)36)22(42-14(4)33)19(10-39-26)40-12(2)31/h18-26,37H,8-10H2,1-7H3,(H,28,29)/t18-,19+,20+,21-,22-,23+,24+,25+,26+/m0/s1. The van der Waals surface area contributed by atoms with Crippen molar-refractivity contribution in [3.63, 3.8) is 0 Å². The van der Waals surface area contributed by atoms with Crippen LogP contribution < -0.4 is 5.48 Å². The Balaban J connectivity index is 2.55. The first-order valence-corrected chi connectivity index (χ1v) is 13.9. The molecule has 258 valence electrons. The maximum atomic E-state index is 12.1. The smallest absolute Gasteiger partial charge is 0.303 e. The second kappa shape index (κ2) is 17.4. The molecule has 2 rings (SSSR count). The molecule has 2 N–H and O–H groups in total. The fourth-order valence-electron chi connectivity index (χ4n) is 4.82. The van der Waals surface area contributed by atoms with E-state index in [0.717, 1.165) is 48.5 Å². The first-order valence-electron chi connectivity index (χ1n) is 13.9. The van der Waals surface area contributed by atoms with Crippen LogP contribution in [0.4, 0.5) is 0 Å². The van der Waals surface area contributed by atoms with E-state index in [1.54, 1.807) is 0 Å². The van der Waals surface area contributed by atoms with Crippen LogP contribution in [0.3, 0.4) is 0 Å². The summed E-state index contributed by atoms with van der Waals surface area (Å²) in [6, 6.07) is 0. The van der Waals surface area contributed by atoms with E-state index < -0.39 is 116 Å². The van der Waals surface area contributed by atoms with E-state index in [0.29, 0.717) is 0 Å². The van der Waals surface area contributed by atoms with E-state index in [4.69, 9.17) is 42.6 Å². The van der Waals surface area contributed by atoms with Crippen LogP contribution in [0.2, 0.25) is 0 Å². The van der Waals surface area contributed by atoms with Gasteiger partial charge in [0.2, 0.25) is 0 Å². The van der Waals surface area contributed by atoms with Crippen LogP contribution in [0.15, 0.2) is 4.99 Å². The molecular weight excluding hydrogens is 624 g/mol. The molecule has 2 aliphatic rings. The van der Waals surface area contributed by atoms with Gasteiger partial charge in [0.05, 0.1) is 13.2 Å². The van der Waals surface area contributed by atoms with Crippen LogP contribution in [0.5, 0.6) is 0 Å². The summed E-state index contributed by atoms with van der Waals surface area (Å²) in [4.78, 5) is 87.6. The predicted octanol–water partition coefficient (Wildman–Crippen LogP) is -1.32. The number of nitrogens with zero attached hydrogens (tertiary/aromatic N) is 1. The van der Waals surface area contributed by atoms with Gasteiger partial charge in [-0.3, -0.25) is 49.2 Å². The van der Waals surface area contributed by atoms with Crippen molar-refractivity contribution in [1.82, 2.24) is 5.48 Å². The number of hydroxylamine groups is 1. The maximum Gasteiger partial charge on any atom is 0.303 e. The van der Waals surface area contributed by atoms with Crippen LogP contribution in [-0.4, -0.2) is 128 Å². The number of carbonyl (C=O) groups excluding carboxylic acids is 7. The zero-order valence-corrected chi connectivity index (χ0v) is 26.2. The van der Waals surface area contributed by atoms with Crippen LogP contribution in [0.25, 0.3) is 0 Å². The zero-order valence-electron chi connectivity index (χ0n) is 26.2. The SMILES string of the molecule is CC(=O)OC[C@H]1O[C@@H](CN=C(NO)[C@@H]2OC[C@@H](OC(C)=O)[C@H](OC(C)=O)[C@H]2OC(C)=O)[C@H](OC(C)=O)[C@@H](OC(C)=O)[C@@H]1OC(C)=O. The Bertz CT molecular complexity index is 1190. The van der Waals surface area contributed by atoms with Gasteiger partial charge in [0.1, 0.15) is 18.8 Å². The molecule has 0 aromatic carbocycles. The van der Waals surface area contributed by atoms with Crippen LogP contribution in [-0.2, 0) is 76.2 Å². The molecule has 9 atom stereocenters. The molecule has 0 spiro atoms. The molecule has 0 unspecified atom stereocenters. The Kier molecular flexibility index (Phi) is 14.3. The molecular formula is C27H38N2O17. The minimum absolute atomic E-state index is 0.389. The van der Waals surface area contributed by atoms with E-state index in [2.05, 4.69) is 4.99 Å². The summed E-state index contributed by atoms with van der Waals surface area (Å²) in [6.45, 7) is 6.18. The molecule has 46 heavy (non-hydrogen) atoms. The highest BCUT2D eigenvalue weighted by Crippen LogP contribution is 2.30. The van der Waals surface area contributed by atoms with Crippen molar-refractivity contribution in [2.24, 2.45) is 4.99 Å². The Morgan fingerprint density at radius 3 is 1.57 bits per heavy atom. The highest BCUT2D eigenvalue weighted by Gasteiger charge is 2.53. The Morgan fingerprint density at radius 1 is 0.630 bits per heavy atom. The predicted molar refractivity (Wildman–Crippen MR) is 146 cm³/mol. The van der Waals surface area contributed by atoms with Crippen LogP contribution in [0, 0.1) is 0 Å². The van der Waals surface area contributed by atoms with Gasteiger partial charge in [-0.25, -0.2) is 0 Å². The molecule has 0 bridgehead atoms. The lowest BCUT2D eigenvalue weighted by molar-refractivity contribution is -0.250. The molecule has 0 amide bonds. The van der Waals surface area contributed by atoms with Gasteiger partial charge in [-0.05, 0) is 0 Å². The summed E-state index contributed by atoms with van der Waals surface area (Å²) < 4.78 is 48.7. The first kappa shape index (κ1) is 37.8. The summed E-state index contributed by atoms with van der Waals surface area (Å²) in [7, 11) is 0. The van der Waals surface area contributed by atoms with Crippen molar-refractivity contribution in [2.75, 3.05) is 19.8 Å². The number of carbonyl (C=O) groups is 7. The fourth-order valence-corrected chi connectivity index (χ4v) is 4.82. The summed E-state index contributed by atoms with van der Waals surface area (Å²) in [5, 5.41) is 10.1. The van der Waals surface area contributed by atoms with Crippen molar-refractivity contribution >= 4 is 47.6 Å². The average molecular weight is 663 g/mol. The number of ether oxygens (including phenoxy) is 9. The molecule has 2 saturated heterocycles. The number of rotatable bonds is 11. The lowest BCUT2D eigenvalue weighted by atomic mass is 9.94. The Hall–Kier alpha value is -4.36. The Labute approximate surface area is 263 Å². The molecule has 19 nitrogen and oxygen atoms in total. The number of aliphatic imine (C=N–C) groups is 1. The molecule has 0 aromatic heterocycles. The second-order valence-electron chi connectivity index (χ2n) is 10.1. The van der Waals surface area contributed by atoms with Gasteiger partial charge in [-0.15, -0.1) is 0 Å². The van der Waals surface area contributed by atoms with Gasteiger partial charge >= 0.3 is 41.8 Å². The van der Waals surface area contributed by atoms with Gasteiger partial charge < -0.3 is 42.6 Å². The molecule has 2 aliphatic heterocycles. The number of esters is 7. The third-order valence-electron chi connectivity index (χ3n) is 6.26. The van der Waals surface area contributed by atoms with E-state index >= 15 is 0 Å². The highest BCUT2D eigenvalue weighted by molar-refractivity contribution is 5.87. The largest absolute Gasteiger partial charge is 0.463 e. The minimum Gasteiger partial charge on any atom is -0.463 e. The van der Waals surface area contributed by atoms with Crippen molar-refractivity contribution in [3.05, 3.63) is 0 Å². The van der Waals surface area contributed by atoms with Gasteiger partial charge in [0.25, 0.3) is 0 Å². The molecule has 0 aliphatic carbocycles. The van der Waals surface area contributed by atoms with Crippen molar-refractivity contribution in [1.29, 1.82) is 0 Å². The van der Waals surface area contributed by atoms with Crippen molar-refractivity contribution in [2.45, 2.75) is 103 Å². The van der Waals surface area contributed by atoms with E-state index in [1.807, 2.05) is 5.48 Å². The maximum absolute atomic E-state index is 12.1. The van der Waals surface area contributed by atoms with Crippen molar-refractivity contribution in [3.8, 4) is 0 Å². The van der Waals surface area contributed by atoms with Gasteiger partial charge in [0, 0.05) is 48.5 Å². The number of nitrogens with one attached hydrogen (secondary N) is 1. The molecule has 2 heterocycles. The van der Waals surface area contributed by atoms with Gasteiger partial charge in [-0.2, -0.15) is 0 Å². The number of hydrogen-bond acceptors (Lipinski definition) is 18. The summed E-state index contributed by atoms with van der Waals surface area (Å²) in [6.07, 6.45) is -12.5. The summed E-state index contributed by atoms with van der Waals surface area (Å²) >= 11 is 0. The normalized spacial score (nSPS) is 29.3. The zero-order chi connectivity index (χ0) is 34.7. The molecule has 0 aromatic rings. The second-order valence-corrected chi connectivity index (χ2v) is 10.1. The third kappa shape index (κ3) is 11.2. The summed E-state index contributed by atoms with van der Waals surface area (Å²) in [5.41, 5.74) is 1.83. The van der Waals surface area contributed by atoms with Gasteiger partial charge in [-0.1, -0.05) is 0 Å². The monoisotopic (exact) mass is 662 g/mol. The highest BCUT2D eigenvalue weighted by atomic mass is 16.7. The quantitative estimate of drug-likeness (QED) is 0.0856. The molecule has 0 saturated carbocycles. The van der Waals surface area contributed by atoms with Crippen molar-refractivity contribution < 1.29 is 81.4 Å². The van der Waals surface area contributed by atoms with Crippen LogP contribution in [0.1, 0.15) is 48.5 Å². The topological polar surface area (TPSA) is 247 Å². The number of hydrogen-bond donors (Lipinski definition) is 2. The molecule has 0 radical (unpaired) electrons. The van der Waals surface area contributed by atoms with E-state index in [-0.39, 0.29) is 6.61 Å². The lowest BCUT2D eigenvalue weighted by Crippen LogP contribution is -2.63. The minimum atomic E-state index is -1.51. The molecule has 19 heteroatoms. The van der Waals surface area contributed by atoms with E-state index in [9.17, 15) is 38.8 Å². The number of amidine groups is 1. The van der Waals surface area contributed by atoms with Crippen LogP contribution >= 0.6 is 0 Å². The average Bonchev–Trinajstić information content (AvgIpc) is 2.91. The lowest BCUT2D eigenvalue weighted by Gasteiger charge is -2.44. The van der Waals surface area contributed by atoms with E-state index in [1.165, 1.54) is 0 Å². The van der Waals surface area contributed by atoms with Gasteiger partial charge in [0.15, 0.2) is 48.6 Å². The summed E-state index contributed by atoms with van der Waals surface area (Å²) in [5.74, 6) is -6.02. The molecule has 2 fully saturated rings. The third-order valence-corrected chi connectivity index (χ3v) is 6.26. The fraction of sp³-hybridized carbons (Fsp3) is 0.704.